The molecular formula is C18H41NO4Si2. The molecule has 7 heteroatoms. The van der Waals surface area contributed by atoms with Crippen LogP contribution < -0.4 is 5.32 Å². The second-order valence-electron chi connectivity index (χ2n) is 8.53. The van der Waals surface area contributed by atoms with Gasteiger partial charge >= 0.3 is 5.97 Å². The van der Waals surface area contributed by atoms with Crippen LogP contribution in [0.25, 0.3) is 0 Å². The lowest BCUT2D eigenvalue weighted by Crippen LogP contribution is -2.53. The number of carbonyl (C=O) groups is 1. The zero-order chi connectivity index (χ0) is 19.8. The van der Waals surface area contributed by atoms with Crippen LogP contribution in [0.5, 0.6) is 0 Å². The number of hydrogen-bond donors (Lipinski definition) is 2. The molecule has 5 nitrogen and oxygen atoms in total. The lowest BCUT2D eigenvalue weighted by Gasteiger charge is -2.43. The topological polar surface area (TPSA) is 67.8 Å². The molecule has 0 rings (SSSR count). The number of hydrogen-bond acceptors (Lipinski definition) is 4. The fraction of sp³-hybridized carbons (Fsp3) is 0.944. The molecule has 0 aliphatic heterocycles. The first-order valence-corrected chi connectivity index (χ1v) is 14.8. The summed E-state index contributed by atoms with van der Waals surface area (Å²) < 4.78 is 12.0. The van der Waals surface area contributed by atoms with Crippen molar-refractivity contribution < 1.29 is 18.8 Å². The fourth-order valence-electron chi connectivity index (χ4n) is 3.81. The number of rotatable bonds is 13. The van der Waals surface area contributed by atoms with Crippen molar-refractivity contribution in [3.63, 3.8) is 0 Å². The van der Waals surface area contributed by atoms with Gasteiger partial charge in [-0.1, -0.05) is 41.5 Å². The van der Waals surface area contributed by atoms with Crippen molar-refractivity contribution in [1.82, 2.24) is 5.32 Å². The van der Waals surface area contributed by atoms with Gasteiger partial charge in [-0.15, -0.1) is 0 Å². The molecule has 0 aromatic rings. The number of aliphatic carboxylic acids is 1. The Bertz CT molecular complexity index is 379. The van der Waals surface area contributed by atoms with Crippen LogP contribution in [0.2, 0.25) is 35.8 Å². The highest BCUT2D eigenvalue weighted by molar-refractivity contribution is 6.77. The molecule has 0 aromatic heterocycles. The first-order valence-electron chi connectivity index (χ1n) is 9.57. The number of carboxylic acid groups (broad SMARTS) is 1. The van der Waals surface area contributed by atoms with Crippen molar-refractivity contribution in [2.45, 2.75) is 89.8 Å². The van der Waals surface area contributed by atoms with E-state index < -0.39 is 28.7 Å². The predicted molar refractivity (Wildman–Crippen MR) is 110 cm³/mol. The Kier molecular flexibility index (Phi) is 10.7. The molecule has 0 amide bonds. The number of nitrogens with one attached hydrogen (secondary N) is 1. The van der Waals surface area contributed by atoms with E-state index in [2.05, 4.69) is 60.0 Å². The molecule has 0 aliphatic rings. The zero-order valence-corrected chi connectivity index (χ0v) is 19.8. The summed E-state index contributed by atoms with van der Waals surface area (Å²) in [4.78, 5) is 11.8. The van der Waals surface area contributed by atoms with Gasteiger partial charge in [0.1, 0.15) is 0 Å². The summed E-state index contributed by atoms with van der Waals surface area (Å²) in [6, 6.07) is 1.07. The average molecular weight is 392 g/mol. The van der Waals surface area contributed by atoms with Crippen LogP contribution in [0.15, 0.2) is 0 Å². The van der Waals surface area contributed by atoms with Crippen molar-refractivity contribution in [3.05, 3.63) is 0 Å². The van der Waals surface area contributed by atoms with E-state index in [-0.39, 0.29) is 0 Å². The van der Waals surface area contributed by atoms with Crippen LogP contribution in [0, 0.1) is 0 Å². The monoisotopic (exact) mass is 391 g/mol. The Morgan fingerprint density at radius 2 is 1.52 bits per heavy atom. The van der Waals surface area contributed by atoms with Gasteiger partial charge in [0.25, 0.3) is 0 Å². The van der Waals surface area contributed by atoms with Crippen molar-refractivity contribution in [3.8, 4) is 0 Å². The summed E-state index contributed by atoms with van der Waals surface area (Å²) in [5.41, 5.74) is 1.13. The Morgan fingerprint density at radius 1 is 1.04 bits per heavy atom. The van der Waals surface area contributed by atoms with Gasteiger partial charge in [0.05, 0.1) is 0 Å². The summed E-state index contributed by atoms with van der Waals surface area (Å²) in [5, 5.41) is 12.9. The molecule has 150 valence electrons. The Labute approximate surface area is 157 Å². The first kappa shape index (κ1) is 24.8. The highest BCUT2D eigenvalue weighted by atomic mass is 28.4. The van der Waals surface area contributed by atoms with Crippen molar-refractivity contribution in [1.29, 1.82) is 0 Å². The standard InChI is InChI=1S/C18H41NO4Si2/c1-14(2)25(15(3)4,16(5)6)23-17(18(20)21)13-19-11-10-12-24(8,9)22-7/h14-17,19H,10-13H2,1-9H3,(H,20,21). The maximum Gasteiger partial charge on any atom is 0.332 e. The van der Waals surface area contributed by atoms with Crippen LogP contribution in [-0.4, -0.2) is 54.0 Å². The maximum absolute atomic E-state index is 11.8. The zero-order valence-electron chi connectivity index (χ0n) is 17.8. The van der Waals surface area contributed by atoms with Crippen LogP contribution in [0.1, 0.15) is 48.0 Å². The lowest BCUT2D eigenvalue weighted by atomic mass is 10.3. The van der Waals surface area contributed by atoms with Crippen LogP contribution >= 0.6 is 0 Å². The summed E-state index contributed by atoms with van der Waals surface area (Å²) in [6.45, 7) is 18.6. The van der Waals surface area contributed by atoms with Crippen LogP contribution in [0.4, 0.5) is 0 Å². The molecule has 1 atom stereocenters. The van der Waals surface area contributed by atoms with Gasteiger partial charge in [0, 0.05) is 13.7 Å². The van der Waals surface area contributed by atoms with Gasteiger partial charge in [-0.2, -0.15) is 0 Å². The molecule has 0 heterocycles. The van der Waals surface area contributed by atoms with E-state index in [1.165, 1.54) is 0 Å². The van der Waals surface area contributed by atoms with E-state index in [0.717, 1.165) is 19.0 Å². The quantitative estimate of drug-likeness (QED) is 0.358. The molecule has 0 fully saturated rings. The van der Waals surface area contributed by atoms with Gasteiger partial charge in [-0.3, -0.25) is 0 Å². The summed E-state index contributed by atoms with van der Waals surface area (Å²) >= 11 is 0. The minimum atomic E-state index is -2.19. The predicted octanol–water partition coefficient (Wildman–Crippen LogP) is 4.46. The summed E-state index contributed by atoms with van der Waals surface area (Å²) in [5.74, 6) is -0.863. The van der Waals surface area contributed by atoms with Crippen molar-refractivity contribution >= 4 is 22.6 Å². The molecule has 0 spiro atoms. The van der Waals surface area contributed by atoms with Gasteiger partial charge < -0.3 is 19.3 Å². The van der Waals surface area contributed by atoms with Gasteiger partial charge in [-0.05, 0) is 48.7 Å². The van der Waals surface area contributed by atoms with Crippen molar-refractivity contribution in [2.75, 3.05) is 20.2 Å². The highest BCUT2D eigenvalue weighted by Gasteiger charge is 2.47. The third-order valence-electron chi connectivity index (χ3n) is 5.34. The third kappa shape index (κ3) is 7.50. The van der Waals surface area contributed by atoms with Gasteiger partial charge in [-0.25, -0.2) is 4.79 Å². The summed E-state index contributed by atoms with van der Waals surface area (Å²) in [7, 11) is -1.95. The molecule has 2 N–H and O–H groups in total. The smallest absolute Gasteiger partial charge is 0.332 e. The second kappa shape index (κ2) is 10.8. The normalized spacial score (nSPS) is 14.6. The molecule has 0 radical (unpaired) electrons. The van der Waals surface area contributed by atoms with Crippen molar-refractivity contribution in [2.24, 2.45) is 0 Å². The van der Waals surface area contributed by atoms with Crippen LogP contribution in [-0.2, 0) is 13.6 Å². The highest BCUT2D eigenvalue weighted by Crippen LogP contribution is 2.42. The van der Waals surface area contributed by atoms with E-state index in [4.69, 9.17) is 8.85 Å². The van der Waals surface area contributed by atoms with E-state index >= 15 is 0 Å². The van der Waals surface area contributed by atoms with E-state index in [0.29, 0.717) is 23.2 Å². The van der Waals surface area contributed by atoms with E-state index in [1.807, 2.05) is 0 Å². The minimum absolute atomic E-state index is 0.366. The molecular weight excluding hydrogens is 350 g/mol. The van der Waals surface area contributed by atoms with E-state index in [9.17, 15) is 9.90 Å². The lowest BCUT2D eigenvalue weighted by molar-refractivity contribution is -0.145. The Morgan fingerprint density at radius 3 is 1.88 bits per heavy atom. The van der Waals surface area contributed by atoms with Gasteiger partial charge in [0.15, 0.2) is 14.4 Å². The third-order valence-corrected chi connectivity index (χ3v) is 14.1. The Balaban J connectivity index is 4.81. The summed E-state index contributed by atoms with van der Waals surface area (Å²) in [6.07, 6.45) is 0.229. The number of carboxylic acids is 1. The molecule has 1 unspecified atom stereocenters. The minimum Gasteiger partial charge on any atom is -0.479 e. The molecule has 0 saturated carbocycles. The fourth-order valence-corrected chi connectivity index (χ4v) is 10.5. The molecule has 0 bridgehead atoms. The largest absolute Gasteiger partial charge is 0.479 e. The SMILES string of the molecule is CO[Si](C)(C)CCCNCC(O[Si](C(C)C)(C(C)C)C(C)C)C(=O)O. The van der Waals surface area contributed by atoms with Crippen LogP contribution in [0.3, 0.4) is 0 Å². The molecule has 0 saturated heterocycles. The molecule has 0 aromatic carbocycles. The van der Waals surface area contributed by atoms with E-state index in [1.54, 1.807) is 7.11 Å². The maximum atomic E-state index is 11.8. The Hall–Kier alpha value is -0.216. The molecule has 0 aliphatic carbocycles. The average Bonchev–Trinajstić information content (AvgIpc) is 2.48. The second-order valence-corrected chi connectivity index (χ2v) is 18.4. The van der Waals surface area contributed by atoms with Gasteiger partial charge in [0.2, 0.25) is 8.32 Å². The molecule has 25 heavy (non-hydrogen) atoms. The first-order chi connectivity index (χ1) is 11.4.